The van der Waals surface area contributed by atoms with Crippen molar-refractivity contribution in [2.24, 2.45) is 0 Å². The van der Waals surface area contributed by atoms with Crippen molar-refractivity contribution in [2.75, 3.05) is 21.3 Å². The predicted octanol–water partition coefficient (Wildman–Crippen LogP) is 4.65. The summed E-state index contributed by atoms with van der Waals surface area (Å²) >= 11 is 0. The van der Waals surface area contributed by atoms with Crippen LogP contribution in [0.1, 0.15) is 16.7 Å². The number of halogens is 1. The Kier molecular flexibility index (Phi) is 8.68. The average molecular weight is 477 g/mol. The van der Waals surface area contributed by atoms with Crippen LogP contribution < -0.4 is 24.3 Å². The topological polar surface area (TPSA) is 89.8 Å². The minimum absolute atomic E-state index is 0.0699. The molecule has 3 aromatic rings. The summed E-state index contributed by atoms with van der Waals surface area (Å²) in [5.74, 6) is 1.26. The van der Waals surface area contributed by atoms with E-state index in [1.165, 1.54) is 32.4 Å². The Hall–Kier alpha value is -4.51. The first-order valence-corrected chi connectivity index (χ1v) is 10.6. The lowest BCUT2D eigenvalue weighted by molar-refractivity contribution is -0.117. The fourth-order valence-electron chi connectivity index (χ4n) is 3.22. The average Bonchev–Trinajstić information content (AvgIpc) is 2.90. The van der Waals surface area contributed by atoms with Crippen LogP contribution in [-0.2, 0) is 17.9 Å². The summed E-state index contributed by atoms with van der Waals surface area (Å²) in [6.07, 6.45) is 1.47. The van der Waals surface area contributed by atoms with Gasteiger partial charge in [0.25, 0.3) is 5.91 Å². The quantitative estimate of drug-likeness (QED) is 0.338. The Bertz CT molecular complexity index is 1250. The first-order valence-electron chi connectivity index (χ1n) is 10.6. The van der Waals surface area contributed by atoms with Gasteiger partial charge in [-0.1, -0.05) is 18.2 Å². The molecule has 0 aromatic heterocycles. The summed E-state index contributed by atoms with van der Waals surface area (Å²) < 4.78 is 34.8. The second-order valence-electron chi connectivity index (χ2n) is 7.36. The van der Waals surface area contributed by atoms with E-state index in [9.17, 15) is 14.4 Å². The molecule has 1 amide bonds. The second kappa shape index (κ2) is 12.1. The van der Waals surface area contributed by atoms with Crippen molar-refractivity contribution in [1.82, 2.24) is 5.32 Å². The molecule has 3 rings (SSSR count). The number of carbonyl (C=O) groups excluding carboxylic acids is 1. The van der Waals surface area contributed by atoms with Crippen molar-refractivity contribution in [3.05, 3.63) is 88.7 Å². The van der Waals surface area contributed by atoms with E-state index in [0.29, 0.717) is 28.6 Å². The third-order valence-corrected chi connectivity index (χ3v) is 5.10. The van der Waals surface area contributed by atoms with Gasteiger partial charge in [0, 0.05) is 18.2 Å². The molecule has 3 aromatic carbocycles. The molecule has 35 heavy (non-hydrogen) atoms. The van der Waals surface area contributed by atoms with Gasteiger partial charge in [0.1, 0.15) is 35.6 Å². The summed E-state index contributed by atoms with van der Waals surface area (Å²) in [5.41, 5.74) is 2.06. The number of carbonyl (C=O) groups is 1. The van der Waals surface area contributed by atoms with Gasteiger partial charge in [-0.05, 0) is 53.6 Å². The first-order chi connectivity index (χ1) is 17.0. The van der Waals surface area contributed by atoms with Crippen LogP contribution in [0, 0.1) is 17.1 Å². The minimum Gasteiger partial charge on any atom is -0.497 e. The van der Waals surface area contributed by atoms with E-state index in [0.717, 1.165) is 11.1 Å². The van der Waals surface area contributed by atoms with E-state index < -0.39 is 5.91 Å². The number of nitrogens with zero attached hydrogens (tertiary/aromatic N) is 1. The zero-order chi connectivity index (χ0) is 25.2. The Morgan fingerprint density at radius 2 is 1.69 bits per heavy atom. The number of amides is 1. The van der Waals surface area contributed by atoms with Crippen LogP contribution in [-0.4, -0.2) is 27.2 Å². The molecule has 1 N–H and O–H groups in total. The Morgan fingerprint density at radius 3 is 2.34 bits per heavy atom. The predicted molar refractivity (Wildman–Crippen MR) is 129 cm³/mol. The zero-order valence-electron chi connectivity index (χ0n) is 19.6. The lowest BCUT2D eigenvalue weighted by Gasteiger charge is -2.12. The molecule has 7 nitrogen and oxygen atoms in total. The van der Waals surface area contributed by atoms with Crippen LogP contribution in [0.4, 0.5) is 4.39 Å². The maximum atomic E-state index is 13.1. The largest absolute Gasteiger partial charge is 0.497 e. The number of methoxy groups -OCH3 is 3. The maximum absolute atomic E-state index is 13.1. The number of hydrogen-bond acceptors (Lipinski definition) is 6. The molecule has 0 unspecified atom stereocenters. The van der Waals surface area contributed by atoms with Crippen LogP contribution >= 0.6 is 0 Å². The summed E-state index contributed by atoms with van der Waals surface area (Å²) in [4.78, 5) is 12.6. The molecule has 180 valence electrons. The van der Waals surface area contributed by atoms with Gasteiger partial charge in [-0.2, -0.15) is 5.26 Å². The molecule has 0 aliphatic heterocycles. The lowest BCUT2D eigenvalue weighted by Crippen LogP contribution is -2.24. The number of nitrogens with one attached hydrogen (secondary N) is 1. The van der Waals surface area contributed by atoms with Crippen LogP contribution in [0.2, 0.25) is 0 Å². The molecule has 0 atom stereocenters. The fraction of sp³-hybridized carbons (Fsp3) is 0.185. The van der Waals surface area contributed by atoms with Crippen molar-refractivity contribution in [3.63, 3.8) is 0 Å². The molecule has 0 bridgehead atoms. The molecule has 0 heterocycles. The summed E-state index contributed by atoms with van der Waals surface area (Å²) in [6, 6.07) is 18.2. The number of ether oxygens (including phenoxy) is 4. The van der Waals surface area contributed by atoms with E-state index in [4.69, 9.17) is 18.9 Å². The highest BCUT2D eigenvalue weighted by atomic mass is 19.1. The van der Waals surface area contributed by atoms with E-state index in [2.05, 4.69) is 5.32 Å². The molecule has 0 fully saturated rings. The molecular formula is C27H25FN2O5. The Balaban J connectivity index is 1.70. The monoisotopic (exact) mass is 476 g/mol. The molecule has 8 heteroatoms. The minimum atomic E-state index is -0.527. The highest BCUT2D eigenvalue weighted by molar-refractivity contribution is 6.01. The van der Waals surface area contributed by atoms with E-state index in [-0.39, 0.29) is 24.5 Å². The molecule has 0 aliphatic carbocycles. The van der Waals surface area contributed by atoms with Gasteiger partial charge in [0.05, 0.1) is 21.3 Å². The smallest absolute Gasteiger partial charge is 0.262 e. The van der Waals surface area contributed by atoms with Gasteiger partial charge in [-0.25, -0.2) is 4.39 Å². The van der Waals surface area contributed by atoms with Crippen LogP contribution in [0.3, 0.4) is 0 Å². The highest BCUT2D eigenvalue weighted by Crippen LogP contribution is 2.30. The van der Waals surface area contributed by atoms with Gasteiger partial charge in [-0.3, -0.25) is 4.79 Å². The molecule has 0 saturated heterocycles. The summed E-state index contributed by atoms with van der Waals surface area (Å²) in [6.45, 7) is 0.400. The van der Waals surface area contributed by atoms with Gasteiger partial charge < -0.3 is 24.3 Å². The molecule has 0 aliphatic rings. The third-order valence-electron chi connectivity index (χ3n) is 5.10. The standard InChI is InChI=1S/C27H25FN2O5/c1-32-23-10-7-20(25(14-23)33-2)16-30-27(31)21(15-29)12-19-6-11-24(26(13-19)34-3)35-17-18-4-8-22(28)9-5-18/h4-14H,16-17H2,1-3H3,(H,30,31)/b21-12+. The summed E-state index contributed by atoms with van der Waals surface area (Å²) in [7, 11) is 4.58. The van der Waals surface area contributed by atoms with Crippen LogP contribution in [0.15, 0.2) is 66.2 Å². The zero-order valence-corrected chi connectivity index (χ0v) is 19.6. The molecule has 0 saturated carbocycles. The van der Waals surface area contributed by atoms with Gasteiger partial charge in [-0.15, -0.1) is 0 Å². The molecule has 0 spiro atoms. The highest BCUT2D eigenvalue weighted by Gasteiger charge is 2.13. The first kappa shape index (κ1) is 25.1. The second-order valence-corrected chi connectivity index (χ2v) is 7.36. The third kappa shape index (κ3) is 6.74. The van der Waals surface area contributed by atoms with E-state index >= 15 is 0 Å². The number of hydrogen-bond donors (Lipinski definition) is 1. The van der Waals surface area contributed by atoms with E-state index in [1.54, 1.807) is 55.6 Å². The fourth-order valence-corrected chi connectivity index (χ4v) is 3.22. The number of rotatable bonds is 10. The van der Waals surface area contributed by atoms with Crippen molar-refractivity contribution in [3.8, 4) is 29.1 Å². The van der Waals surface area contributed by atoms with E-state index in [1.807, 2.05) is 6.07 Å². The van der Waals surface area contributed by atoms with Crippen LogP contribution in [0.25, 0.3) is 6.08 Å². The maximum Gasteiger partial charge on any atom is 0.262 e. The van der Waals surface area contributed by atoms with Crippen molar-refractivity contribution in [2.45, 2.75) is 13.2 Å². The van der Waals surface area contributed by atoms with Gasteiger partial charge >= 0.3 is 0 Å². The SMILES string of the molecule is COc1ccc(CNC(=O)/C(C#N)=C/c2ccc(OCc3ccc(F)cc3)c(OC)c2)c(OC)c1. The lowest BCUT2D eigenvalue weighted by atomic mass is 10.1. The van der Waals surface area contributed by atoms with Crippen LogP contribution in [0.5, 0.6) is 23.0 Å². The normalized spacial score (nSPS) is 10.8. The number of benzene rings is 3. The molecule has 0 radical (unpaired) electrons. The van der Waals surface area contributed by atoms with Crippen molar-refractivity contribution >= 4 is 12.0 Å². The molecular weight excluding hydrogens is 451 g/mol. The Labute approximate surface area is 203 Å². The summed E-state index contributed by atoms with van der Waals surface area (Å²) in [5, 5.41) is 12.3. The number of nitriles is 1. The van der Waals surface area contributed by atoms with Crippen molar-refractivity contribution < 1.29 is 28.1 Å². The Morgan fingerprint density at radius 1 is 0.943 bits per heavy atom. The van der Waals surface area contributed by atoms with Gasteiger partial charge in [0.2, 0.25) is 0 Å². The van der Waals surface area contributed by atoms with Crippen molar-refractivity contribution in [1.29, 1.82) is 5.26 Å². The van der Waals surface area contributed by atoms with Gasteiger partial charge in [0.15, 0.2) is 11.5 Å².